The molecule has 4 aromatic heterocycles. The maximum absolute atomic E-state index is 12.2. The molecule has 4 aromatic rings. The fourth-order valence-corrected chi connectivity index (χ4v) is 2.33. The Morgan fingerprint density at radius 3 is 3.00 bits per heavy atom. The van der Waals surface area contributed by atoms with E-state index in [9.17, 15) is 9.59 Å². The molecule has 4 heterocycles. The monoisotopic (exact) mass is 321 g/mol. The Morgan fingerprint density at radius 2 is 2.12 bits per heavy atom. The van der Waals surface area contributed by atoms with Gasteiger partial charge in [0.15, 0.2) is 11.3 Å². The number of H-pyrrole nitrogens is 2. The van der Waals surface area contributed by atoms with E-state index in [4.69, 9.17) is 0 Å². The Balaban J connectivity index is 1.55. The minimum atomic E-state index is -0.360. The van der Waals surface area contributed by atoms with Gasteiger partial charge in [0.05, 0.1) is 29.3 Å². The summed E-state index contributed by atoms with van der Waals surface area (Å²) < 4.78 is 0. The average Bonchev–Trinajstić information content (AvgIpc) is 3.03. The van der Waals surface area contributed by atoms with Crippen LogP contribution in [0.4, 0.5) is 0 Å². The molecule has 0 aromatic carbocycles. The van der Waals surface area contributed by atoms with E-state index in [2.05, 4.69) is 35.2 Å². The van der Waals surface area contributed by atoms with E-state index < -0.39 is 0 Å². The summed E-state index contributed by atoms with van der Waals surface area (Å²) in [4.78, 5) is 45.9. The van der Waals surface area contributed by atoms with Crippen molar-refractivity contribution in [3.63, 3.8) is 0 Å². The van der Waals surface area contributed by atoms with Gasteiger partial charge in [-0.05, 0) is 18.2 Å². The molecule has 0 fully saturated rings. The predicted molar refractivity (Wildman–Crippen MR) is 85.2 cm³/mol. The summed E-state index contributed by atoms with van der Waals surface area (Å²) in [6, 6.07) is 5.12. The van der Waals surface area contributed by atoms with Crippen LogP contribution in [-0.4, -0.2) is 35.8 Å². The van der Waals surface area contributed by atoms with Crippen LogP contribution in [0.15, 0.2) is 41.7 Å². The number of carbonyl (C=O) groups is 1. The van der Waals surface area contributed by atoms with Gasteiger partial charge in [0, 0.05) is 12.4 Å². The molecule has 0 saturated heterocycles. The molecule has 0 saturated carbocycles. The highest BCUT2D eigenvalue weighted by atomic mass is 16.1. The number of fused-ring (bicyclic) bond motifs is 2. The number of amides is 1. The van der Waals surface area contributed by atoms with Crippen LogP contribution in [-0.2, 0) is 6.54 Å². The summed E-state index contributed by atoms with van der Waals surface area (Å²) in [5.41, 5.74) is 1.61. The van der Waals surface area contributed by atoms with Crippen molar-refractivity contribution in [2.45, 2.75) is 6.54 Å². The number of aromatic amines is 2. The highest BCUT2D eigenvalue weighted by Crippen LogP contribution is 2.08. The molecular formula is C15H11N7O2. The summed E-state index contributed by atoms with van der Waals surface area (Å²) in [7, 11) is 0. The molecular weight excluding hydrogens is 310 g/mol. The second kappa shape index (κ2) is 5.54. The Bertz CT molecular complexity index is 1080. The Morgan fingerprint density at radius 1 is 1.21 bits per heavy atom. The maximum atomic E-state index is 12.2. The molecule has 0 unspecified atom stereocenters. The lowest BCUT2D eigenvalue weighted by molar-refractivity contribution is 0.0950. The van der Waals surface area contributed by atoms with Crippen molar-refractivity contribution in [2.24, 2.45) is 0 Å². The molecule has 0 atom stereocenters. The topological polar surface area (TPSA) is 129 Å². The lowest BCUT2D eigenvalue weighted by atomic mass is 10.2. The minimum Gasteiger partial charge on any atom is -0.345 e. The number of carbonyl (C=O) groups excluding carboxylic acids is 1. The molecule has 0 aliphatic carbocycles. The van der Waals surface area contributed by atoms with Gasteiger partial charge in [-0.3, -0.25) is 9.59 Å². The van der Waals surface area contributed by atoms with Gasteiger partial charge in [0.2, 0.25) is 0 Å². The lowest BCUT2D eigenvalue weighted by Gasteiger charge is -2.03. The van der Waals surface area contributed by atoms with E-state index in [0.29, 0.717) is 17.1 Å². The van der Waals surface area contributed by atoms with E-state index in [1.54, 1.807) is 12.3 Å². The quantitative estimate of drug-likeness (QED) is 0.504. The summed E-state index contributed by atoms with van der Waals surface area (Å²) in [5.74, 6) is 0.228. The second-order valence-corrected chi connectivity index (χ2v) is 5.07. The number of nitrogens with zero attached hydrogens (tertiary/aromatic N) is 4. The number of aromatic nitrogens is 6. The molecule has 118 valence electrons. The average molecular weight is 321 g/mol. The van der Waals surface area contributed by atoms with Crippen molar-refractivity contribution in [1.82, 2.24) is 35.2 Å². The standard InChI is InChI=1S/C15H11N7O2/c23-14(8-4-9-12(17-5-8)19-7-20-15(9)24)18-6-11-21-10-2-1-3-16-13(10)22-11/h1-5,7H,6H2,(H,18,23)(H,16,21,22)(H,17,19,20,24). The molecule has 0 aliphatic rings. The van der Waals surface area contributed by atoms with E-state index >= 15 is 0 Å². The molecule has 3 N–H and O–H groups in total. The van der Waals surface area contributed by atoms with Crippen LogP contribution < -0.4 is 10.9 Å². The third-order valence-corrected chi connectivity index (χ3v) is 3.48. The zero-order valence-electron chi connectivity index (χ0n) is 12.3. The van der Waals surface area contributed by atoms with Crippen molar-refractivity contribution in [3.8, 4) is 0 Å². The van der Waals surface area contributed by atoms with Crippen molar-refractivity contribution < 1.29 is 4.79 Å². The molecule has 4 rings (SSSR count). The molecule has 0 radical (unpaired) electrons. The van der Waals surface area contributed by atoms with Gasteiger partial charge in [-0.25, -0.2) is 19.9 Å². The minimum absolute atomic E-state index is 0.205. The summed E-state index contributed by atoms with van der Waals surface area (Å²) in [6.07, 6.45) is 4.30. The Labute approximate surface area is 134 Å². The van der Waals surface area contributed by atoms with Gasteiger partial charge in [0.25, 0.3) is 11.5 Å². The maximum Gasteiger partial charge on any atom is 0.260 e. The van der Waals surface area contributed by atoms with Gasteiger partial charge in [-0.1, -0.05) is 0 Å². The number of pyridine rings is 2. The summed E-state index contributed by atoms with van der Waals surface area (Å²) in [6.45, 7) is 0.205. The van der Waals surface area contributed by atoms with Gasteiger partial charge < -0.3 is 15.3 Å². The van der Waals surface area contributed by atoms with Gasteiger partial charge in [0.1, 0.15) is 5.82 Å². The summed E-state index contributed by atoms with van der Waals surface area (Å²) >= 11 is 0. The van der Waals surface area contributed by atoms with Gasteiger partial charge >= 0.3 is 0 Å². The van der Waals surface area contributed by atoms with Gasteiger partial charge in [-0.2, -0.15) is 0 Å². The van der Waals surface area contributed by atoms with Crippen LogP contribution in [0.2, 0.25) is 0 Å². The fraction of sp³-hybridized carbons (Fsp3) is 0.0667. The molecule has 24 heavy (non-hydrogen) atoms. The van der Waals surface area contributed by atoms with Crippen molar-refractivity contribution in [2.75, 3.05) is 0 Å². The van der Waals surface area contributed by atoms with E-state index in [0.717, 1.165) is 5.52 Å². The first-order valence-electron chi connectivity index (χ1n) is 7.12. The van der Waals surface area contributed by atoms with E-state index in [1.807, 2.05) is 6.07 Å². The van der Waals surface area contributed by atoms with E-state index in [-0.39, 0.29) is 29.0 Å². The second-order valence-electron chi connectivity index (χ2n) is 5.07. The molecule has 9 nitrogen and oxygen atoms in total. The van der Waals surface area contributed by atoms with Crippen molar-refractivity contribution in [1.29, 1.82) is 0 Å². The third kappa shape index (κ3) is 2.47. The zero-order valence-corrected chi connectivity index (χ0v) is 12.3. The van der Waals surface area contributed by atoms with Crippen LogP contribution in [0, 0.1) is 0 Å². The first-order chi connectivity index (χ1) is 11.7. The number of rotatable bonds is 3. The molecule has 0 spiro atoms. The first-order valence-corrected chi connectivity index (χ1v) is 7.12. The molecule has 0 bridgehead atoms. The van der Waals surface area contributed by atoms with E-state index in [1.165, 1.54) is 18.6 Å². The number of nitrogens with one attached hydrogen (secondary N) is 3. The fourth-order valence-electron chi connectivity index (χ4n) is 2.33. The number of hydrogen-bond acceptors (Lipinski definition) is 6. The number of hydrogen-bond donors (Lipinski definition) is 3. The van der Waals surface area contributed by atoms with Crippen molar-refractivity contribution in [3.05, 3.63) is 58.7 Å². The Kier molecular flexibility index (Phi) is 3.23. The molecule has 1 amide bonds. The number of imidazole rings is 1. The SMILES string of the molecule is O=C(NCc1nc2ncccc2[nH]1)c1cnc2nc[nH]c(=O)c2c1. The van der Waals surface area contributed by atoms with Crippen LogP contribution in [0.25, 0.3) is 22.2 Å². The first kappa shape index (κ1) is 14.0. The van der Waals surface area contributed by atoms with Crippen LogP contribution in [0.5, 0.6) is 0 Å². The van der Waals surface area contributed by atoms with Crippen LogP contribution >= 0.6 is 0 Å². The van der Waals surface area contributed by atoms with Gasteiger partial charge in [-0.15, -0.1) is 0 Å². The highest BCUT2D eigenvalue weighted by Gasteiger charge is 2.10. The highest BCUT2D eigenvalue weighted by molar-refractivity contribution is 5.96. The normalized spacial score (nSPS) is 11.0. The van der Waals surface area contributed by atoms with Crippen LogP contribution in [0.3, 0.4) is 0 Å². The zero-order chi connectivity index (χ0) is 16.5. The summed E-state index contributed by atoms with van der Waals surface area (Å²) in [5, 5.41) is 2.99. The van der Waals surface area contributed by atoms with Crippen LogP contribution in [0.1, 0.15) is 16.2 Å². The van der Waals surface area contributed by atoms with Crippen molar-refractivity contribution >= 4 is 28.1 Å². The smallest absolute Gasteiger partial charge is 0.260 e. The largest absolute Gasteiger partial charge is 0.345 e. The molecule has 0 aliphatic heterocycles. The predicted octanol–water partition coefficient (Wildman–Crippen LogP) is 0.519. The lowest BCUT2D eigenvalue weighted by Crippen LogP contribution is -2.24. The Hall–Kier alpha value is -3.62. The molecule has 9 heteroatoms. The third-order valence-electron chi connectivity index (χ3n) is 3.48.